The van der Waals surface area contributed by atoms with Crippen LogP contribution in [0, 0.1) is 0 Å². The number of hydrogen-bond donors (Lipinski definition) is 0. The molecule has 1 amide bonds. The fraction of sp³-hybridized carbons (Fsp3) is 0.526. The summed E-state index contributed by atoms with van der Waals surface area (Å²) in [5.74, 6) is 0.411. The van der Waals surface area contributed by atoms with E-state index >= 15 is 0 Å². The van der Waals surface area contributed by atoms with Crippen molar-refractivity contribution >= 4 is 16.9 Å². The lowest BCUT2D eigenvalue weighted by atomic mass is 10.2. The van der Waals surface area contributed by atoms with E-state index in [9.17, 15) is 4.79 Å². The van der Waals surface area contributed by atoms with Crippen LogP contribution in [0.1, 0.15) is 17.0 Å². The summed E-state index contributed by atoms with van der Waals surface area (Å²) in [4.78, 5) is 17.1. The highest BCUT2D eigenvalue weighted by atomic mass is 16.6. The lowest BCUT2D eigenvalue weighted by Gasteiger charge is -2.29. The van der Waals surface area contributed by atoms with Gasteiger partial charge in [-0.15, -0.1) is 0 Å². The van der Waals surface area contributed by atoms with Crippen molar-refractivity contribution < 1.29 is 18.7 Å². The van der Waals surface area contributed by atoms with E-state index in [1.807, 2.05) is 35.2 Å². The van der Waals surface area contributed by atoms with Gasteiger partial charge in [-0.3, -0.25) is 9.69 Å². The Balaban J connectivity index is 1.37. The van der Waals surface area contributed by atoms with Gasteiger partial charge in [0.25, 0.3) is 5.91 Å². The first kappa shape index (κ1) is 16.6. The average Bonchev–Trinajstić information content (AvgIpc) is 2.95. The van der Waals surface area contributed by atoms with Crippen LogP contribution in [0.2, 0.25) is 0 Å². The third-order valence-electron chi connectivity index (χ3n) is 4.86. The van der Waals surface area contributed by atoms with Gasteiger partial charge in [0.05, 0.1) is 25.9 Å². The Hall–Kier alpha value is -1.89. The van der Waals surface area contributed by atoms with Crippen molar-refractivity contribution in [2.24, 2.45) is 0 Å². The summed E-state index contributed by atoms with van der Waals surface area (Å²) in [5, 5.41) is 0.969. The molecule has 2 saturated heterocycles. The Morgan fingerprint density at radius 2 is 2.04 bits per heavy atom. The van der Waals surface area contributed by atoms with Crippen molar-refractivity contribution in [3.8, 4) is 0 Å². The zero-order valence-electron chi connectivity index (χ0n) is 14.4. The summed E-state index contributed by atoms with van der Waals surface area (Å²) in [6, 6.07) is 9.57. The topological polar surface area (TPSA) is 55.2 Å². The lowest BCUT2D eigenvalue weighted by molar-refractivity contribution is -0.0971. The minimum absolute atomic E-state index is 0.0182. The summed E-state index contributed by atoms with van der Waals surface area (Å²) in [6.45, 7) is 6.20. The Bertz CT molecular complexity index is 690. The van der Waals surface area contributed by atoms with E-state index in [1.54, 1.807) is 0 Å². The Morgan fingerprint density at radius 3 is 2.88 bits per heavy atom. The standard InChI is InChI=1S/C19H24N2O4/c22-19(18-12-15-4-1-2-5-17(15)25-18)21-7-3-6-20(8-9-21)13-16-14-23-10-11-24-16/h1-2,4-5,12,16H,3,6-11,13-14H2. The molecule has 0 N–H and O–H groups in total. The predicted molar refractivity (Wildman–Crippen MR) is 93.7 cm³/mol. The van der Waals surface area contributed by atoms with E-state index < -0.39 is 0 Å². The van der Waals surface area contributed by atoms with Gasteiger partial charge in [0.15, 0.2) is 5.76 Å². The zero-order valence-corrected chi connectivity index (χ0v) is 14.4. The molecular weight excluding hydrogens is 320 g/mol. The van der Waals surface area contributed by atoms with Crippen molar-refractivity contribution in [2.75, 3.05) is 52.5 Å². The number of carbonyl (C=O) groups is 1. The number of hydrogen-bond acceptors (Lipinski definition) is 5. The molecule has 134 valence electrons. The number of rotatable bonds is 3. The number of amides is 1. The largest absolute Gasteiger partial charge is 0.451 e. The van der Waals surface area contributed by atoms with E-state index in [0.717, 1.165) is 43.6 Å². The number of fused-ring (bicyclic) bond motifs is 1. The van der Waals surface area contributed by atoms with Gasteiger partial charge >= 0.3 is 0 Å². The maximum absolute atomic E-state index is 12.8. The summed E-state index contributed by atoms with van der Waals surface area (Å²) < 4.78 is 16.9. The van der Waals surface area contributed by atoms with Crippen molar-refractivity contribution in [1.82, 2.24) is 9.80 Å². The number of nitrogens with zero attached hydrogens (tertiary/aromatic N) is 2. The van der Waals surface area contributed by atoms with E-state index in [0.29, 0.717) is 32.1 Å². The minimum atomic E-state index is -0.0182. The van der Waals surface area contributed by atoms with Crippen molar-refractivity contribution in [1.29, 1.82) is 0 Å². The molecule has 2 aliphatic rings. The normalized spacial score (nSPS) is 22.9. The molecule has 0 aliphatic carbocycles. The number of ether oxygens (including phenoxy) is 2. The predicted octanol–water partition coefficient (Wildman–Crippen LogP) is 2.00. The van der Waals surface area contributed by atoms with Crippen LogP contribution in [-0.4, -0.2) is 74.4 Å². The first-order chi connectivity index (χ1) is 12.3. The molecular formula is C19H24N2O4. The van der Waals surface area contributed by atoms with Crippen molar-refractivity contribution in [3.63, 3.8) is 0 Å². The van der Waals surface area contributed by atoms with Crippen LogP contribution < -0.4 is 0 Å². The maximum atomic E-state index is 12.8. The molecule has 0 saturated carbocycles. The molecule has 2 aromatic rings. The van der Waals surface area contributed by atoms with E-state index in [2.05, 4.69) is 4.90 Å². The van der Waals surface area contributed by atoms with E-state index in [-0.39, 0.29) is 12.0 Å². The summed E-state index contributed by atoms with van der Waals surface area (Å²) in [5.41, 5.74) is 0.761. The highest BCUT2D eigenvalue weighted by Crippen LogP contribution is 2.20. The smallest absolute Gasteiger partial charge is 0.289 e. The van der Waals surface area contributed by atoms with Gasteiger partial charge in [0.2, 0.25) is 0 Å². The third-order valence-corrected chi connectivity index (χ3v) is 4.86. The van der Waals surface area contributed by atoms with Crippen LogP contribution in [0.5, 0.6) is 0 Å². The fourth-order valence-corrected chi connectivity index (χ4v) is 3.53. The van der Waals surface area contributed by atoms with Gasteiger partial charge in [0, 0.05) is 31.6 Å². The van der Waals surface area contributed by atoms with Crippen LogP contribution >= 0.6 is 0 Å². The van der Waals surface area contributed by atoms with Crippen LogP contribution in [0.3, 0.4) is 0 Å². The first-order valence-electron chi connectivity index (χ1n) is 8.99. The summed E-state index contributed by atoms with van der Waals surface area (Å²) in [7, 11) is 0. The summed E-state index contributed by atoms with van der Waals surface area (Å²) in [6.07, 6.45) is 1.10. The molecule has 6 heteroatoms. The Kier molecular flexibility index (Phi) is 5.01. The molecule has 25 heavy (non-hydrogen) atoms. The quantitative estimate of drug-likeness (QED) is 0.852. The second-order valence-corrected chi connectivity index (χ2v) is 6.66. The van der Waals surface area contributed by atoms with Crippen LogP contribution in [0.25, 0.3) is 11.0 Å². The van der Waals surface area contributed by atoms with Gasteiger partial charge in [-0.05, 0) is 25.1 Å². The maximum Gasteiger partial charge on any atom is 0.289 e. The van der Waals surface area contributed by atoms with Crippen LogP contribution in [0.15, 0.2) is 34.7 Å². The fourth-order valence-electron chi connectivity index (χ4n) is 3.53. The van der Waals surface area contributed by atoms with Crippen LogP contribution in [0.4, 0.5) is 0 Å². The molecule has 2 aliphatic heterocycles. The molecule has 3 heterocycles. The molecule has 1 atom stereocenters. The summed E-state index contributed by atoms with van der Waals surface area (Å²) >= 11 is 0. The zero-order chi connectivity index (χ0) is 17.1. The SMILES string of the molecule is O=C(c1cc2ccccc2o1)N1CCCN(CC2COCCO2)CC1. The van der Waals surface area contributed by atoms with E-state index in [1.165, 1.54) is 0 Å². The average molecular weight is 344 g/mol. The van der Waals surface area contributed by atoms with Gasteiger partial charge < -0.3 is 18.8 Å². The number of benzene rings is 1. The molecule has 1 aromatic carbocycles. The lowest BCUT2D eigenvalue weighted by Crippen LogP contribution is -2.42. The second-order valence-electron chi connectivity index (χ2n) is 6.66. The Morgan fingerprint density at radius 1 is 1.12 bits per heavy atom. The molecule has 6 nitrogen and oxygen atoms in total. The van der Waals surface area contributed by atoms with Gasteiger partial charge in [-0.2, -0.15) is 0 Å². The molecule has 4 rings (SSSR count). The molecule has 2 fully saturated rings. The molecule has 1 aromatic heterocycles. The van der Waals surface area contributed by atoms with Gasteiger partial charge in [0.1, 0.15) is 5.58 Å². The van der Waals surface area contributed by atoms with Crippen molar-refractivity contribution in [3.05, 3.63) is 36.1 Å². The molecule has 0 radical (unpaired) electrons. The monoisotopic (exact) mass is 344 g/mol. The first-order valence-corrected chi connectivity index (χ1v) is 8.99. The Labute approximate surface area is 147 Å². The number of para-hydroxylation sites is 1. The second kappa shape index (κ2) is 7.56. The van der Waals surface area contributed by atoms with Crippen molar-refractivity contribution in [2.45, 2.75) is 12.5 Å². The third kappa shape index (κ3) is 3.86. The molecule has 1 unspecified atom stereocenters. The molecule has 0 spiro atoms. The highest BCUT2D eigenvalue weighted by molar-refractivity contribution is 5.96. The van der Waals surface area contributed by atoms with Crippen LogP contribution in [-0.2, 0) is 9.47 Å². The minimum Gasteiger partial charge on any atom is -0.451 e. The molecule has 0 bridgehead atoms. The van der Waals surface area contributed by atoms with E-state index in [4.69, 9.17) is 13.9 Å². The highest BCUT2D eigenvalue weighted by Gasteiger charge is 2.25. The number of furan rings is 1. The van der Waals surface area contributed by atoms with Gasteiger partial charge in [-0.25, -0.2) is 0 Å². The number of carbonyl (C=O) groups excluding carboxylic acids is 1. The van der Waals surface area contributed by atoms with Gasteiger partial charge in [-0.1, -0.05) is 18.2 Å².